The van der Waals surface area contributed by atoms with Crippen LogP contribution in [-0.2, 0) is 0 Å². The summed E-state index contributed by atoms with van der Waals surface area (Å²) in [6.07, 6.45) is 8.23. The van der Waals surface area contributed by atoms with E-state index < -0.39 is 10.8 Å². The Kier molecular flexibility index (Phi) is 5.20. The number of nitrogens with zero attached hydrogens (tertiary/aromatic N) is 5. The maximum absolute atomic E-state index is 10.6. The van der Waals surface area contributed by atoms with Gasteiger partial charge < -0.3 is 0 Å². The first kappa shape index (κ1) is 20.0. The summed E-state index contributed by atoms with van der Waals surface area (Å²) < 4.78 is 23.9. The van der Waals surface area contributed by atoms with Crippen LogP contribution in [0.2, 0.25) is 0 Å². The van der Waals surface area contributed by atoms with E-state index in [-0.39, 0.29) is 0 Å². The van der Waals surface area contributed by atoms with Crippen LogP contribution in [0, 0.1) is 0 Å². The number of nitrogens with one attached hydrogen (secondary N) is 1. The van der Waals surface area contributed by atoms with Gasteiger partial charge in [0.1, 0.15) is 0 Å². The number of hydrogen-bond acceptors (Lipinski definition) is 8. The normalized spacial score (nSPS) is 11.9. The Morgan fingerprint density at radius 3 is 2.41 bits per heavy atom. The molecule has 0 saturated carbocycles. The average molecular weight is 443 g/mol. The lowest BCUT2D eigenvalue weighted by Gasteiger charge is -2.33. The van der Waals surface area contributed by atoms with Crippen molar-refractivity contribution in [3.8, 4) is 22.4 Å². The predicted octanol–water partition coefficient (Wildman–Crippen LogP) is 5.29. The zero-order chi connectivity index (χ0) is 22.0. The number of hydrogen-bond donors (Lipinski definition) is 3. The lowest BCUT2D eigenvalue weighted by atomic mass is 10.1. The van der Waals surface area contributed by atoms with Crippen molar-refractivity contribution in [2.45, 2.75) is 4.90 Å². The highest BCUT2D eigenvalue weighted by Crippen LogP contribution is 2.47. The van der Waals surface area contributed by atoms with Gasteiger partial charge in [-0.15, -0.1) is 0 Å². The highest BCUT2D eigenvalue weighted by molar-refractivity contribution is 8.25. The molecule has 0 aliphatic rings. The summed E-state index contributed by atoms with van der Waals surface area (Å²) in [7, 11) is -3.21. The topological polar surface area (TPSA) is 117 Å². The van der Waals surface area contributed by atoms with Crippen LogP contribution in [0.25, 0.3) is 33.4 Å². The third kappa shape index (κ3) is 4.12. The minimum atomic E-state index is -3.21. The van der Waals surface area contributed by atoms with Crippen LogP contribution in [0.3, 0.4) is 0 Å². The van der Waals surface area contributed by atoms with Gasteiger partial charge in [-0.05, 0) is 42.0 Å². The lowest BCUT2D eigenvalue weighted by molar-refractivity contribution is 0.494. The number of aromatic nitrogens is 5. The van der Waals surface area contributed by atoms with Crippen LogP contribution in [0.5, 0.6) is 0 Å². The molecular formula is C23H18N6O2S. The number of pyridine rings is 1. The molecule has 0 spiro atoms. The molecule has 5 rings (SSSR count). The molecular weight excluding hydrogens is 424 g/mol. The van der Waals surface area contributed by atoms with Gasteiger partial charge in [-0.1, -0.05) is 35.0 Å². The zero-order valence-electron chi connectivity index (χ0n) is 16.7. The van der Waals surface area contributed by atoms with Crippen LogP contribution < -0.4 is 4.72 Å². The number of benzene rings is 2. The quantitative estimate of drug-likeness (QED) is 0.336. The second kappa shape index (κ2) is 8.31. The maximum Gasteiger partial charge on any atom is 0.0909 e. The molecule has 158 valence electrons. The monoisotopic (exact) mass is 442 g/mol. The molecule has 0 fully saturated rings. The molecule has 0 unspecified atom stereocenters. The Labute approximate surface area is 185 Å². The van der Waals surface area contributed by atoms with E-state index in [2.05, 4.69) is 24.9 Å². The highest BCUT2D eigenvalue weighted by Gasteiger charge is 2.15. The van der Waals surface area contributed by atoms with Gasteiger partial charge in [0.25, 0.3) is 0 Å². The van der Waals surface area contributed by atoms with Crippen LogP contribution in [0.1, 0.15) is 0 Å². The van der Waals surface area contributed by atoms with E-state index in [4.69, 9.17) is 4.98 Å². The Morgan fingerprint density at radius 1 is 0.719 bits per heavy atom. The summed E-state index contributed by atoms with van der Waals surface area (Å²) in [5.41, 5.74) is 5.20. The van der Waals surface area contributed by atoms with Crippen molar-refractivity contribution in [1.82, 2.24) is 25.1 Å². The van der Waals surface area contributed by atoms with E-state index in [1.165, 1.54) is 0 Å². The molecule has 0 bridgehead atoms. The molecule has 3 aromatic heterocycles. The van der Waals surface area contributed by atoms with Gasteiger partial charge in [0.2, 0.25) is 0 Å². The number of rotatable bonds is 5. The standard InChI is InChI=1S/C23H18N6O2S/c30-32(31,20-4-2-1-3-5-20)29-19-10-18(12-24-14-19)16-6-7-21-22(11-16)28-23(15-25-21)17-8-9-26-27-13-17/h1-15,29-31H. The van der Waals surface area contributed by atoms with Crippen molar-refractivity contribution < 1.29 is 9.11 Å². The minimum Gasteiger partial charge on any atom is -0.279 e. The Hall–Kier alpha value is -3.92. The first-order valence-electron chi connectivity index (χ1n) is 9.69. The minimum absolute atomic E-state index is 0.407. The Bertz CT molecular complexity index is 1380. The van der Waals surface area contributed by atoms with Gasteiger partial charge in [0.05, 0.1) is 52.1 Å². The van der Waals surface area contributed by atoms with Crippen LogP contribution in [0.4, 0.5) is 5.69 Å². The largest absolute Gasteiger partial charge is 0.279 e. The maximum atomic E-state index is 10.6. The Morgan fingerprint density at radius 2 is 1.59 bits per heavy atom. The summed E-state index contributed by atoms with van der Waals surface area (Å²) in [5.74, 6) is 0. The molecule has 0 amide bonds. The molecule has 32 heavy (non-hydrogen) atoms. The fourth-order valence-corrected chi connectivity index (χ4v) is 4.35. The summed E-state index contributed by atoms with van der Waals surface area (Å²) >= 11 is 0. The summed E-state index contributed by atoms with van der Waals surface area (Å²) in [5, 5.41) is 7.69. The smallest absolute Gasteiger partial charge is 0.0909 e. The van der Waals surface area contributed by atoms with Crippen LogP contribution in [-0.4, -0.2) is 34.3 Å². The summed E-state index contributed by atoms with van der Waals surface area (Å²) in [6, 6.07) is 18.1. The van der Waals surface area contributed by atoms with Crippen LogP contribution in [0.15, 0.2) is 96.5 Å². The first-order valence-corrected chi connectivity index (χ1v) is 11.2. The number of anilines is 1. The van der Waals surface area contributed by atoms with Gasteiger partial charge in [-0.25, -0.2) is 4.98 Å². The van der Waals surface area contributed by atoms with E-state index in [1.807, 2.05) is 36.4 Å². The molecule has 8 nitrogen and oxygen atoms in total. The molecule has 0 radical (unpaired) electrons. The fourth-order valence-electron chi connectivity index (χ4n) is 3.26. The van der Waals surface area contributed by atoms with Gasteiger partial charge in [-0.2, -0.15) is 10.2 Å². The van der Waals surface area contributed by atoms with E-state index in [9.17, 15) is 9.11 Å². The van der Waals surface area contributed by atoms with Crippen molar-refractivity contribution in [2.75, 3.05) is 4.72 Å². The summed E-state index contributed by atoms with van der Waals surface area (Å²) in [4.78, 5) is 13.9. The lowest BCUT2D eigenvalue weighted by Crippen LogP contribution is -2.09. The van der Waals surface area contributed by atoms with E-state index in [1.54, 1.807) is 55.2 Å². The van der Waals surface area contributed by atoms with Crippen molar-refractivity contribution >= 4 is 27.5 Å². The molecule has 2 aromatic carbocycles. The second-order valence-electron chi connectivity index (χ2n) is 7.02. The highest BCUT2D eigenvalue weighted by atomic mass is 32.3. The van der Waals surface area contributed by atoms with Gasteiger partial charge >= 0.3 is 0 Å². The first-order chi connectivity index (χ1) is 15.6. The van der Waals surface area contributed by atoms with Crippen molar-refractivity contribution in [1.29, 1.82) is 0 Å². The molecule has 5 aromatic rings. The molecule has 9 heteroatoms. The summed E-state index contributed by atoms with van der Waals surface area (Å²) in [6.45, 7) is 0. The van der Waals surface area contributed by atoms with Crippen molar-refractivity contribution in [2.24, 2.45) is 0 Å². The fraction of sp³-hybridized carbons (Fsp3) is 0. The third-order valence-electron chi connectivity index (χ3n) is 4.83. The molecule has 0 atom stereocenters. The molecule has 3 heterocycles. The SMILES string of the molecule is OS(O)(Nc1cncc(-c2ccc3ncc(-c4ccnnc4)nc3c2)c1)c1ccccc1. The number of fused-ring (bicyclic) bond motifs is 1. The van der Waals surface area contributed by atoms with Gasteiger partial charge in [-0.3, -0.25) is 23.8 Å². The van der Waals surface area contributed by atoms with Gasteiger partial charge in [0, 0.05) is 17.3 Å². The van der Waals surface area contributed by atoms with Crippen molar-refractivity contribution in [3.63, 3.8) is 0 Å². The predicted molar refractivity (Wildman–Crippen MR) is 125 cm³/mol. The third-order valence-corrected chi connectivity index (χ3v) is 6.28. The molecule has 0 aliphatic heterocycles. The molecule has 3 N–H and O–H groups in total. The van der Waals surface area contributed by atoms with Crippen molar-refractivity contribution in [3.05, 3.63) is 91.6 Å². The zero-order valence-corrected chi connectivity index (χ0v) is 17.5. The van der Waals surface area contributed by atoms with E-state index in [0.29, 0.717) is 16.3 Å². The second-order valence-corrected chi connectivity index (χ2v) is 8.79. The van der Waals surface area contributed by atoms with Gasteiger partial charge in [0.15, 0.2) is 0 Å². The molecule has 0 aliphatic carbocycles. The van der Waals surface area contributed by atoms with E-state index >= 15 is 0 Å². The Balaban J connectivity index is 1.47. The molecule has 0 saturated heterocycles. The average Bonchev–Trinajstić information content (AvgIpc) is 2.84. The van der Waals surface area contributed by atoms with Crippen LogP contribution >= 0.6 is 10.8 Å². The van der Waals surface area contributed by atoms with E-state index in [0.717, 1.165) is 27.7 Å².